The predicted molar refractivity (Wildman–Crippen MR) is 70.4 cm³/mol. The van der Waals surface area contributed by atoms with E-state index in [1.54, 1.807) is 12.1 Å². The molecular formula is C11H13Br2F2NO. The van der Waals surface area contributed by atoms with Crippen LogP contribution >= 0.6 is 31.9 Å². The fraction of sp³-hybridized carbons (Fsp3) is 0.455. The predicted octanol–water partition coefficient (Wildman–Crippen LogP) is 4.31. The number of halogens is 4. The van der Waals surface area contributed by atoms with Crippen LogP contribution in [0, 0.1) is 0 Å². The van der Waals surface area contributed by atoms with Gasteiger partial charge in [-0.3, -0.25) is 0 Å². The zero-order valence-corrected chi connectivity index (χ0v) is 12.6. The maximum atomic E-state index is 12.2. The molecule has 0 aromatic heterocycles. The molecule has 1 rings (SSSR count). The standard InChI is InChI=1S/C11H13Br2F2NO/c1-6(2)16-5-7-3-8(12)10(9(13)4-7)17-11(14)15/h3-4,6,11,16H,5H2,1-2H3. The van der Waals surface area contributed by atoms with Crippen molar-refractivity contribution in [1.82, 2.24) is 5.32 Å². The molecule has 0 aliphatic carbocycles. The Balaban J connectivity index is 2.85. The molecule has 2 nitrogen and oxygen atoms in total. The lowest BCUT2D eigenvalue weighted by atomic mass is 10.2. The summed E-state index contributed by atoms with van der Waals surface area (Å²) in [6.45, 7) is 1.92. The third kappa shape index (κ3) is 4.89. The molecule has 0 fully saturated rings. The van der Waals surface area contributed by atoms with Crippen LogP contribution < -0.4 is 10.1 Å². The number of ether oxygens (including phenoxy) is 1. The van der Waals surface area contributed by atoms with E-state index in [1.165, 1.54) is 0 Å². The number of benzene rings is 1. The highest BCUT2D eigenvalue weighted by Gasteiger charge is 2.13. The van der Waals surface area contributed by atoms with Crippen LogP contribution in [0.4, 0.5) is 8.78 Å². The number of rotatable bonds is 5. The van der Waals surface area contributed by atoms with E-state index in [4.69, 9.17) is 0 Å². The second-order valence-corrected chi connectivity index (χ2v) is 5.51. The Morgan fingerprint density at radius 2 is 1.76 bits per heavy atom. The van der Waals surface area contributed by atoms with Gasteiger partial charge in [-0.15, -0.1) is 0 Å². The van der Waals surface area contributed by atoms with Gasteiger partial charge in [-0.25, -0.2) is 0 Å². The zero-order chi connectivity index (χ0) is 13.0. The largest absolute Gasteiger partial charge is 0.432 e. The molecule has 1 N–H and O–H groups in total. The van der Waals surface area contributed by atoms with Crippen LogP contribution in [0.25, 0.3) is 0 Å². The van der Waals surface area contributed by atoms with Gasteiger partial charge in [0.15, 0.2) is 5.75 Å². The van der Waals surface area contributed by atoms with E-state index in [1.807, 2.05) is 13.8 Å². The fourth-order valence-electron chi connectivity index (χ4n) is 1.24. The van der Waals surface area contributed by atoms with Crippen LogP contribution in [0.1, 0.15) is 19.4 Å². The zero-order valence-electron chi connectivity index (χ0n) is 9.44. The molecule has 0 saturated carbocycles. The average Bonchev–Trinajstić information content (AvgIpc) is 2.20. The Bertz CT molecular complexity index is 363. The molecular weight excluding hydrogens is 360 g/mol. The monoisotopic (exact) mass is 371 g/mol. The second-order valence-electron chi connectivity index (χ2n) is 3.80. The summed E-state index contributed by atoms with van der Waals surface area (Å²) in [5.41, 5.74) is 0.985. The molecule has 1 aromatic carbocycles. The highest BCUT2D eigenvalue weighted by atomic mass is 79.9. The van der Waals surface area contributed by atoms with Crippen LogP contribution in [0.5, 0.6) is 5.75 Å². The molecule has 0 spiro atoms. The smallest absolute Gasteiger partial charge is 0.387 e. The number of hydrogen-bond donors (Lipinski definition) is 1. The van der Waals surface area contributed by atoms with Crippen molar-refractivity contribution in [2.45, 2.75) is 33.0 Å². The van der Waals surface area contributed by atoms with Gasteiger partial charge in [-0.2, -0.15) is 8.78 Å². The third-order valence-corrected chi connectivity index (χ3v) is 3.16. The molecule has 1 aromatic rings. The van der Waals surface area contributed by atoms with Crippen LogP contribution in [0.2, 0.25) is 0 Å². The van der Waals surface area contributed by atoms with Crippen molar-refractivity contribution in [3.63, 3.8) is 0 Å². The number of hydrogen-bond acceptors (Lipinski definition) is 2. The van der Waals surface area contributed by atoms with Crippen LogP contribution in [-0.2, 0) is 6.54 Å². The summed E-state index contributed by atoms with van der Waals surface area (Å²) in [5.74, 6) is 0.119. The van der Waals surface area contributed by atoms with Crippen LogP contribution in [0.3, 0.4) is 0 Å². The Kier molecular flexibility index (Phi) is 5.82. The van der Waals surface area contributed by atoms with Gasteiger partial charge in [0.2, 0.25) is 0 Å². The minimum atomic E-state index is -2.83. The Morgan fingerprint density at radius 1 is 1.24 bits per heavy atom. The van der Waals surface area contributed by atoms with E-state index in [2.05, 4.69) is 41.9 Å². The van der Waals surface area contributed by atoms with E-state index in [9.17, 15) is 8.78 Å². The molecule has 17 heavy (non-hydrogen) atoms. The quantitative estimate of drug-likeness (QED) is 0.831. The molecule has 0 radical (unpaired) electrons. The molecule has 0 bridgehead atoms. The Labute approximate surface area is 116 Å². The topological polar surface area (TPSA) is 21.3 Å². The Hall–Kier alpha value is -0.200. The van der Waals surface area contributed by atoms with Crippen molar-refractivity contribution in [3.8, 4) is 5.75 Å². The minimum Gasteiger partial charge on any atom is -0.432 e. The summed E-state index contributed by atoms with van der Waals surface area (Å²) in [6.07, 6.45) is 0. The lowest BCUT2D eigenvalue weighted by Gasteiger charge is -2.13. The van der Waals surface area contributed by atoms with Gasteiger partial charge >= 0.3 is 6.61 Å². The lowest BCUT2D eigenvalue weighted by molar-refractivity contribution is -0.0508. The van der Waals surface area contributed by atoms with Crippen molar-refractivity contribution in [3.05, 3.63) is 26.6 Å². The number of nitrogens with one attached hydrogen (secondary N) is 1. The average molecular weight is 373 g/mol. The lowest BCUT2D eigenvalue weighted by Crippen LogP contribution is -2.21. The maximum Gasteiger partial charge on any atom is 0.387 e. The molecule has 0 amide bonds. The van der Waals surface area contributed by atoms with E-state index in [0.29, 0.717) is 21.5 Å². The number of alkyl halides is 2. The maximum absolute atomic E-state index is 12.2. The summed E-state index contributed by atoms with van der Waals surface area (Å²) in [5, 5.41) is 3.25. The van der Waals surface area contributed by atoms with Gasteiger partial charge in [0, 0.05) is 12.6 Å². The molecule has 0 heterocycles. The minimum absolute atomic E-state index is 0.119. The molecule has 0 aliphatic rings. The molecule has 6 heteroatoms. The first kappa shape index (κ1) is 14.9. The fourth-order valence-corrected chi connectivity index (χ4v) is 2.71. The normalized spacial score (nSPS) is 11.3. The highest BCUT2D eigenvalue weighted by Crippen LogP contribution is 2.35. The van der Waals surface area contributed by atoms with Gasteiger partial charge < -0.3 is 10.1 Å². The van der Waals surface area contributed by atoms with Crippen LogP contribution in [0.15, 0.2) is 21.1 Å². The summed E-state index contributed by atoms with van der Waals surface area (Å²) < 4.78 is 29.7. The summed E-state index contributed by atoms with van der Waals surface area (Å²) in [6, 6.07) is 3.89. The van der Waals surface area contributed by atoms with Gasteiger partial charge in [0.1, 0.15) is 0 Å². The van der Waals surface area contributed by atoms with E-state index in [0.717, 1.165) is 5.56 Å². The Morgan fingerprint density at radius 3 is 2.18 bits per heavy atom. The van der Waals surface area contributed by atoms with Crippen LogP contribution in [-0.4, -0.2) is 12.7 Å². The van der Waals surface area contributed by atoms with Crippen molar-refractivity contribution in [2.24, 2.45) is 0 Å². The molecule has 96 valence electrons. The van der Waals surface area contributed by atoms with Crippen molar-refractivity contribution >= 4 is 31.9 Å². The molecule has 0 aliphatic heterocycles. The molecule has 0 unspecified atom stereocenters. The van der Waals surface area contributed by atoms with E-state index < -0.39 is 6.61 Å². The van der Waals surface area contributed by atoms with Gasteiger partial charge in [-0.1, -0.05) is 13.8 Å². The van der Waals surface area contributed by atoms with E-state index >= 15 is 0 Å². The summed E-state index contributed by atoms with van der Waals surface area (Å²) in [7, 11) is 0. The first-order valence-corrected chi connectivity index (χ1v) is 6.65. The first-order valence-electron chi connectivity index (χ1n) is 5.06. The summed E-state index contributed by atoms with van der Waals surface area (Å²) >= 11 is 6.43. The van der Waals surface area contributed by atoms with Gasteiger partial charge in [-0.05, 0) is 49.6 Å². The highest BCUT2D eigenvalue weighted by molar-refractivity contribution is 9.11. The van der Waals surface area contributed by atoms with E-state index in [-0.39, 0.29) is 5.75 Å². The van der Waals surface area contributed by atoms with Gasteiger partial charge in [0.25, 0.3) is 0 Å². The molecule has 0 saturated heterocycles. The van der Waals surface area contributed by atoms with Crippen molar-refractivity contribution in [1.29, 1.82) is 0 Å². The van der Waals surface area contributed by atoms with Gasteiger partial charge in [0.05, 0.1) is 8.95 Å². The third-order valence-electron chi connectivity index (χ3n) is 1.98. The van der Waals surface area contributed by atoms with Crippen molar-refractivity contribution < 1.29 is 13.5 Å². The van der Waals surface area contributed by atoms with Crippen molar-refractivity contribution in [2.75, 3.05) is 0 Å². The molecule has 0 atom stereocenters. The summed E-state index contributed by atoms with van der Waals surface area (Å²) in [4.78, 5) is 0. The SMILES string of the molecule is CC(C)NCc1cc(Br)c(OC(F)F)c(Br)c1. The first-order chi connectivity index (χ1) is 7.90. The second kappa shape index (κ2) is 6.66.